The van der Waals surface area contributed by atoms with E-state index in [0.717, 1.165) is 5.30 Å². The Balaban J connectivity index is 0.00000392. The second kappa shape index (κ2) is 12.0. The Morgan fingerprint density at radius 2 is 1.57 bits per heavy atom. The van der Waals surface area contributed by atoms with Gasteiger partial charge >= 0.3 is 18.9 Å². The maximum absolute atomic E-state index is 12.9. The van der Waals surface area contributed by atoms with Crippen LogP contribution in [0.1, 0.15) is 25.6 Å². The predicted octanol–water partition coefficient (Wildman–Crippen LogP) is 0.734. The summed E-state index contributed by atoms with van der Waals surface area (Å²) in [6.45, 7) is 4.34. The molecule has 2 unspecified atom stereocenters. The molecule has 2 aromatic rings. The summed E-state index contributed by atoms with van der Waals surface area (Å²) in [5.41, 5.74) is 0.326. The molecule has 0 bridgehead atoms. The summed E-state index contributed by atoms with van der Waals surface area (Å²) in [5, 5.41) is 0.885. The number of rotatable bonds is 10. The zero-order chi connectivity index (χ0) is 19.8. The smallest absolute Gasteiger partial charge is 1.00 e. The van der Waals surface area contributed by atoms with Crippen molar-refractivity contribution in [3.8, 4) is 23.0 Å². The van der Waals surface area contributed by atoms with Crippen molar-refractivity contribution in [3.05, 3.63) is 42.0 Å². The zero-order valence-electron chi connectivity index (χ0n) is 18.2. The van der Waals surface area contributed by atoms with Crippen molar-refractivity contribution in [1.29, 1.82) is 0 Å². The maximum atomic E-state index is 12.9. The Kier molecular flexibility index (Phi) is 10.4. The first kappa shape index (κ1) is 24.3. The van der Waals surface area contributed by atoms with Crippen molar-refractivity contribution in [2.45, 2.75) is 20.1 Å². The molecule has 148 valence electrons. The first-order valence-corrected chi connectivity index (χ1v) is 9.52. The van der Waals surface area contributed by atoms with Crippen molar-refractivity contribution in [2.75, 3.05) is 27.9 Å². The van der Waals surface area contributed by atoms with E-state index < -0.39 is 0 Å². The molecule has 0 aliphatic heterocycles. The van der Waals surface area contributed by atoms with Gasteiger partial charge in [0.1, 0.15) is 28.6 Å². The van der Waals surface area contributed by atoms with Crippen LogP contribution in [-0.2, 0) is 4.74 Å². The minimum Gasteiger partial charge on any atom is -1.00 e. The van der Waals surface area contributed by atoms with Crippen LogP contribution in [0, 0.1) is 0 Å². The summed E-state index contributed by atoms with van der Waals surface area (Å²) in [4.78, 5) is 12.9. The molecule has 0 fully saturated rings. The van der Waals surface area contributed by atoms with Gasteiger partial charge in [-0.25, -0.2) is 0 Å². The summed E-state index contributed by atoms with van der Waals surface area (Å²) < 4.78 is 26.9. The molecular formula is C20H26LiO6P. The summed E-state index contributed by atoms with van der Waals surface area (Å²) >= 11 is 0. The molecule has 2 atom stereocenters. The fraction of sp³-hybridized carbons (Fsp3) is 0.350. The van der Waals surface area contributed by atoms with Crippen molar-refractivity contribution in [1.82, 2.24) is 0 Å². The van der Waals surface area contributed by atoms with Gasteiger partial charge in [-0.05, 0) is 39.9 Å². The van der Waals surface area contributed by atoms with Gasteiger partial charge in [0.15, 0.2) is 11.8 Å². The third kappa shape index (κ3) is 6.43. The summed E-state index contributed by atoms with van der Waals surface area (Å²) in [5.74, 6) is 2.11. The van der Waals surface area contributed by atoms with E-state index in [0.29, 0.717) is 35.2 Å². The molecular weight excluding hydrogens is 374 g/mol. The number of ether oxygens (including phenoxy) is 5. The molecule has 8 heteroatoms. The van der Waals surface area contributed by atoms with Crippen molar-refractivity contribution in [3.63, 3.8) is 0 Å². The SMILES string of the molecule is CCOC(C)Oc1ccc(PC(=O)c2c(OC)cc(OC)cc2OC)cc1.[H-].[Li+]. The molecule has 0 amide bonds. The number of hydrogen-bond acceptors (Lipinski definition) is 6. The van der Waals surface area contributed by atoms with Crippen LogP contribution < -0.4 is 43.1 Å². The molecule has 0 saturated carbocycles. The predicted molar refractivity (Wildman–Crippen MR) is 108 cm³/mol. The van der Waals surface area contributed by atoms with Gasteiger partial charge in [0.25, 0.3) is 0 Å². The molecule has 0 aliphatic carbocycles. The van der Waals surface area contributed by atoms with Crippen LogP contribution >= 0.6 is 8.58 Å². The minimum atomic E-state index is -0.322. The van der Waals surface area contributed by atoms with Crippen LogP contribution in [0.4, 0.5) is 0 Å². The van der Waals surface area contributed by atoms with Crippen LogP contribution in [0.5, 0.6) is 23.0 Å². The summed E-state index contributed by atoms with van der Waals surface area (Å²) in [7, 11) is 4.49. The van der Waals surface area contributed by atoms with E-state index in [-0.39, 0.29) is 40.7 Å². The van der Waals surface area contributed by atoms with E-state index in [1.54, 1.807) is 19.2 Å². The number of carbonyl (C=O) groups is 1. The molecule has 6 nitrogen and oxygen atoms in total. The number of hydrogen-bond donors (Lipinski definition) is 0. The molecule has 28 heavy (non-hydrogen) atoms. The molecule has 0 aromatic heterocycles. The molecule has 0 spiro atoms. The van der Waals surface area contributed by atoms with Crippen LogP contribution in [0.25, 0.3) is 0 Å². The second-order valence-electron chi connectivity index (χ2n) is 5.53. The molecule has 0 heterocycles. The average Bonchev–Trinajstić information content (AvgIpc) is 2.68. The van der Waals surface area contributed by atoms with Crippen LogP contribution in [0.15, 0.2) is 36.4 Å². The fourth-order valence-corrected chi connectivity index (χ4v) is 3.47. The quantitative estimate of drug-likeness (QED) is 0.333. The minimum absolute atomic E-state index is 0. The number of carbonyl (C=O) groups excluding carboxylic acids is 1. The first-order valence-electron chi connectivity index (χ1n) is 8.52. The standard InChI is InChI=1S/C20H25O6P.Li.H/c1-6-25-13(2)26-14-7-9-16(10-8-14)27-20(21)19-17(23-4)11-15(22-3)12-18(19)24-5;;/h7-13,27H,6H2,1-5H3;;/q;+1;-1. The van der Waals surface area contributed by atoms with E-state index >= 15 is 0 Å². The Hall–Kier alpha value is -1.70. The third-order valence-electron chi connectivity index (χ3n) is 3.76. The van der Waals surface area contributed by atoms with E-state index in [2.05, 4.69) is 0 Å². The zero-order valence-corrected chi connectivity index (χ0v) is 18.2. The van der Waals surface area contributed by atoms with Gasteiger partial charge < -0.3 is 25.1 Å². The van der Waals surface area contributed by atoms with Crippen LogP contribution in [0.2, 0.25) is 0 Å². The van der Waals surface area contributed by atoms with Gasteiger partial charge in [0.05, 0.1) is 21.3 Å². The topological polar surface area (TPSA) is 63.2 Å². The molecule has 2 aromatic carbocycles. The number of benzene rings is 2. The third-order valence-corrected chi connectivity index (χ3v) is 4.86. The molecule has 0 saturated heterocycles. The van der Waals surface area contributed by atoms with E-state index in [1.807, 2.05) is 38.1 Å². The van der Waals surface area contributed by atoms with Gasteiger partial charge in [-0.3, -0.25) is 4.79 Å². The van der Waals surface area contributed by atoms with Gasteiger partial charge in [-0.15, -0.1) is 0 Å². The molecule has 0 N–H and O–H groups in total. The monoisotopic (exact) mass is 400 g/mol. The van der Waals surface area contributed by atoms with Gasteiger partial charge in [-0.1, -0.05) is 12.1 Å². The van der Waals surface area contributed by atoms with Crippen molar-refractivity contribution < 1.29 is 48.8 Å². The van der Waals surface area contributed by atoms with Crippen molar-refractivity contribution in [2.24, 2.45) is 0 Å². The Labute approximate surface area is 181 Å². The number of methoxy groups -OCH3 is 3. The Morgan fingerprint density at radius 3 is 2.04 bits per heavy atom. The molecule has 2 rings (SSSR count). The molecule has 0 radical (unpaired) electrons. The Bertz CT molecular complexity index is 747. The van der Waals surface area contributed by atoms with Crippen LogP contribution in [-0.4, -0.2) is 39.8 Å². The Morgan fingerprint density at radius 1 is 1.00 bits per heavy atom. The van der Waals surface area contributed by atoms with E-state index in [4.69, 9.17) is 23.7 Å². The van der Waals surface area contributed by atoms with Gasteiger partial charge in [-0.2, -0.15) is 0 Å². The first-order chi connectivity index (χ1) is 13.0. The molecule has 0 aliphatic rings. The van der Waals surface area contributed by atoms with Gasteiger partial charge in [0, 0.05) is 18.7 Å². The second-order valence-corrected chi connectivity index (χ2v) is 6.81. The fourth-order valence-electron chi connectivity index (χ4n) is 2.50. The summed E-state index contributed by atoms with van der Waals surface area (Å²) in [6.07, 6.45) is -0.322. The van der Waals surface area contributed by atoms with Crippen LogP contribution in [0.3, 0.4) is 0 Å². The van der Waals surface area contributed by atoms with E-state index in [1.165, 1.54) is 14.2 Å². The van der Waals surface area contributed by atoms with Crippen molar-refractivity contribution >= 4 is 19.4 Å². The average molecular weight is 400 g/mol. The summed E-state index contributed by atoms with van der Waals surface area (Å²) in [6, 6.07) is 10.7. The largest absolute Gasteiger partial charge is 1.00 e. The van der Waals surface area contributed by atoms with E-state index in [9.17, 15) is 4.79 Å². The van der Waals surface area contributed by atoms with Gasteiger partial charge in [0.2, 0.25) is 0 Å². The maximum Gasteiger partial charge on any atom is 1.00 e. The normalized spacial score (nSPS) is 11.6.